The van der Waals surface area contributed by atoms with Crippen molar-refractivity contribution in [1.29, 1.82) is 0 Å². The van der Waals surface area contributed by atoms with Gasteiger partial charge in [-0.05, 0) is 30.9 Å². The number of nitrogens with one attached hydrogen (secondary N) is 2. The van der Waals surface area contributed by atoms with Crippen molar-refractivity contribution in [3.63, 3.8) is 0 Å². The van der Waals surface area contributed by atoms with Gasteiger partial charge in [-0.15, -0.1) is 0 Å². The molecular formula is C21H32N4O3. The van der Waals surface area contributed by atoms with Gasteiger partial charge in [-0.1, -0.05) is 24.3 Å². The molecular weight excluding hydrogens is 356 g/mol. The standard InChI is InChI=1S/C21H32N4O3/c1-16(14-28-19-9-11-27-15-19)24-21(22-2)23-10-5-8-20(26)25-12-17-6-3-4-7-18(17)13-25/h3-4,6-7,16,19H,5,8-15H2,1-2H3,(H2,22,23,24). The van der Waals surface area contributed by atoms with Crippen LogP contribution in [0.1, 0.15) is 37.3 Å². The van der Waals surface area contributed by atoms with E-state index in [0.29, 0.717) is 26.2 Å². The lowest BCUT2D eigenvalue weighted by Gasteiger charge is -2.20. The molecule has 1 fully saturated rings. The van der Waals surface area contributed by atoms with Crippen LogP contribution in [0.5, 0.6) is 0 Å². The Bertz CT molecular complexity index is 648. The molecule has 154 valence electrons. The van der Waals surface area contributed by atoms with Crippen LogP contribution in [0.4, 0.5) is 0 Å². The van der Waals surface area contributed by atoms with Gasteiger partial charge in [0.2, 0.25) is 5.91 Å². The van der Waals surface area contributed by atoms with Crippen LogP contribution in [0.3, 0.4) is 0 Å². The van der Waals surface area contributed by atoms with Crippen LogP contribution < -0.4 is 10.6 Å². The quantitative estimate of drug-likeness (QED) is 0.403. The first-order valence-electron chi connectivity index (χ1n) is 10.2. The number of guanidine groups is 1. The van der Waals surface area contributed by atoms with E-state index in [-0.39, 0.29) is 18.1 Å². The van der Waals surface area contributed by atoms with Gasteiger partial charge in [0, 0.05) is 45.8 Å². The largest absolute Gasteiger partial charge is 0.379 e. The maximum atomic E-state index is 12.4. The predicted molar refractivity (Wildman–Crippen MR) is 109 cm³/mol. The van der Waals surface area contributed by atoms with Gasteiger partial charge in [-0.2, -0.15) is 0 Å². The van der Waals surface area contributed by atoms with Crippen LogP contribution in [0.25, 0.3) is 0 Å². The Labute approximate surface area is 167 Å². The molecule has 1 aromatic carbocycles. The molecule has 1 saturated heterocycles. The van der Waals surface area contributed by atoms with Gasteiger partial charge < -0.3 is 25.0 Å². The van der Waals surface area contributed by atoms with Crippen LogP contribution in [0.2, 0.25) is 0 Å². The Morgan fingerprint density at radius 2 is 2.11 bits per heavy atom. The number of aliphatic imine (C=N–C) groups is 1. The monoisotopic (exact) mass is 388 g/mol. The second-order valence-electron chi connectivity index (χ2n) is 7.49. The third-order valence-electron chi connectivity index (χ3n) is 5.13. The molecule has 2 aliphatic heterocycles. The summed E-state index contributed by atoms with van der Waals surface area (Å²) < 4.78 is 11.1. The number of carbonyl (C=O) groups excluding carboxylic acids is 1. The van der Waals surface area contributed by atoms with E-state index in [1.54, 1.807) is 7.05 Å². The van der Waals surface area contributed by atoms with Gasteiger partial charge in [0.1, 0.15) is 0 Å². The lowest BCUT2D eigenvalue weighted by molar-refractivity contribution is -0.131. The summed E-state index contributed by atoms with van der Waals surface area (Å²) in [6.45, 7) is 6.33. The smallest absolute Gasteiger partial charge is 0.223 e. The van der Waals surface area contributed by atoms with E-state index in [1.165, 1.54) is 11.1 Å². The number of hydrogen-bond donors (Lipinski definition) is 2. The summed E-state index contributed by atoms with van der Waals surface area (Å²) in [6.07, 6.45) is 2.49. The van der Waals surface area contributed by atoms with Crippen LogP contribution in [0.15, 0.2) is 29.3 Å². The Morgan fingerprint density at radius 3 is 2.75 bits per heavy atom. The van der Waals surface area contributed by atoms with Crippen molar-refractivity contribution in [2.24, 2.45) is 4.99 Å². The highest BCUT2D eigenvalue weighted by atomic mass is 16.5. The van der Waals surface area contributed by atoms with Gasteiger partial charge in [-0.3, -0.25) is 9.79 Å². The fourth-order valence-corrected chi connectivity index (χ4v) is 3.51. The number of fused-ring (bicyclic) bond motifs is 1. The van der Waals surface area contributed by atoms with Crippen LogP contribution in [-0.4, -0.2) is 62.3 Å². The molecule has 0 aromatic heterocycles. The van der Waals surface area contributed by atoms with E-state index < -0.39 is 0 Å². The first-order chi connectivity index (χ1) is 13.7. The van der Waals surface area contributed by atoms with Crippen LogP contribution >= 0.6 is 0 Å². The molecule has 3 rings (SSSR count). The normalized spacial score (nSPS) is 20.1. The molecule has 2 atom stereocenters. The molecule has 0 spiro atoms. The van der Waals surface area contributed by atoms with Gasteiger partial charge in [0.25, 0.3) is 0 Å². The summed E-state index contributed by atoms with van der Waals surface area (Å²) in [5, 5.41) is 6.60. The summed E-state index contributed by atoms with van der Waals surface area (Å²) in [5.74, 6) is 0.946. The van der Waals surface area contributed by atoms with Crippen molar-refractivity contribution in [3.05, 3.63) is 35.4 Å². The van der Waals surface area contributed by atoms with Gasteiger partial charge >= 0.3 is 0 Å². The first-order valence-corrected chi connectivity index (χ1v) is 10.2. The summed E-state index contributed by atoms with van der Waals surface area (Å²) in [5.41, 5.74) is 2.53. The minimum atomic E-state index is 0.150. The van der Waals surface area contributed by atoms with Crippen molar-refractivity contribution in [2.75, 3.05) is 33.4 Å². The minimum absolute atomic E-state index is 0.150. The topological polar surface area (TPSA) is 75.2 Å². The summed E-state index contributed by atoms with van der Waals surface area (Å²) in [7, 11) is 1.75. The van der Waals surface area contributed by atoms with E-state index in [4.69, 9.17) is 9.47 Å². The van der Waals surface area contributed by atoms with Gasteiger partial charge in [0.05, 0.1) is 19.3 Å². The van der Waals surface area contributed by atoms with Crippen LogP contribution in [0, 0.1) is 0 Å². The third-order valence-corrected chi connectivity index (χ3v) is 5.13. The number of benzene rings is 1. The fraction of sp³-hybridized carbons (Fsp3) is 0.619. The SMILES string of the molecule is CN=C(NCCCC(=O)N1Cc2ccccc2C1)NC(C)COC1CCOC1. The molecule has 0 bridgehead atoms. The molecule has 0 aliphatic carbocycles. The molecule has 1 aromatic rings. The average molecular weight is 389 g/mol. The summed E-state index contributed by atoms with van der Waals surface area (Å²) in [6, 6.07) is 8.41. The maximum absolute atomic E-state index is 12.4. The van der Waals surface area contributed by atoms with E-state index in [0.717, 1.165) is 38.5 Å². The highest BCUT2D eigenvalue weighted by Crippen LogP contribution is 2.22. The van der Waals surface area contributed by atoms with Gasteiger partial charge in [-0.25, -0.2) is 0 Å². The lowest BCUT2D eigenvalue weighted by Crippen LogP contribution is -2.44. The second kappa shape index (κ2) is 10.4. The average Bonchev–Trinajstić information content (AvgIpc) is 3.38. The molecule has 2 aliphatic rings. The Morgan fingerprint density at radius 1 is 1.36 bits per heavy atom. The van der Waals surface area contributed by atoms with Gasteiger partial charge in [0.15, 0.2) is 5.96 Å². The van der Waals surface area contributed by atoms with E-state index in [1.807, 2.05) is 17.0 Å². The molecule has 0 radical (unpaired) electrons. The number of hydrogen-bond acceptors (Lipinski definition) is 4. The number of rotatable bonds is 8. The number of carbonyl (C=O) groups is 1. The van der Waals surface area contributed by atoms with Crippen molar-refractivity contribution in [1.82, 2.24) is 15.5 Å². The van der Waals surface area contributed by atoms with E-state index in [9.17, 15) is 4.79 Å². The molecule has 0 saturated carbocycles. The van der Waals surface area contributed by atoms with Crippen molar-refractivity contribution < 1.29 is 14.3 Å². The highest BCUT2D eigenvalue weighted by molar-refractivity contribution is 5.80. The highest BCUT2D eigenvalue weighted by Gasteiger charge is 2.22. The van der Waals surface area contributed by atoms with E-state index in [2.05, 4.69) is 34.7 Å². The third kappa shape index (κ3) is 5.94. The summed E-state index contributed by atoms with van der Waals surface area (Å²) in [4.78, 5) is 18.6. The molecule has 1 amide bonds. The maximum Gasteiger partial charge on any atom is 0.223 e. The number of ether oxygens (including phenoxy) is 2. The lowest BCUT2D eigenvalue weighted by atomic mass is 10.1. The molecule has 2 N–H and O–H groups in total. The number of nitrogens with zero attached hydrogens (tertiary/aromatic N) is 2. The minimum Gasteiger partial charge on any atom is -0.379 e. The van der Waals surface area contributed by atoms with Crippen molar-refractivity contribution in [2.45, 2.75) is 51.4 Å². The first kappa shape index (κ1) is 20.6. The Hall–Kier alpha value is -2.12. The molecule has 7 nitrogen and oxygen atoms in total. The zero-order valence-electron chi connectivity index (χ0n) is 16.9. The van der Waals surface area contributed by atoms with Crippen LogP contribution in [-0.2, 0) is 27.4 Å². The molecule has 2 heterocycles. The zero-order valence-corrected chi connectivity index (χ0v) is 16.9. The summed E-state index contributed by atoms with van der Waals surface area (Å²) >= 11 is 0. The van der Waals surface area contributed by atoms with E-state index >= 15 is 0 Å². The Kier molecular flexibility index (Phi) is 7.68. The molecule has 28 heavy (non-hydrogen) atoms. The molecule has 2 unspecified atom stereocenters. The fourth-order valence-electron chi connectivity index (χ4n) is 3.51. The second-order valence-corrected chi connectivity index (χ2v) is 7.49. The zero-order chi connectivity index (χ0) is 19.8. The Balaban J connectivity index is 1.29. The van der Waals surface area contributed by atoms with Crippen molar-refractivity contribution in [3.8, 4) is 0 Å². The predicted octanol–water partition coefficient (Wildman–Crippen LogP) is 1.67. The van der Waals surface area contributed by atoms with Crippen molar-refractivity contribution >= 4 is 11.9 Å². The molecule has 7 heteroatoms. The number of amides is 1.